The van der Waals surface area contributed by atoms with E-state index in [1.807, 2.05) is 0 Å². The molecule has 0 spiro atoms. The Kier molecular flexibility index (Phi) is 2.03. The van der Waals surface area contributed by atoms with Crippen LogP contribution in [0.4, 0.5) is 0 Å². The minimum atomic E-state index is 0.654. The Bertz CT molecular complexity index is 342. The van der Waals surface area contributed by atoms with Crippen molar-refractivity contribution in [2.75, 3.05) is 0 Å². The van der Waals surface area contributed by atoms with Crippen molar-refractivity contribution in [1.82, 2.24) is 4.57 Å². The van der Waals surface area contributed by atoms with Gasteiger partial charge in [-0.25, -0.2) is 0 Å². The molecule has 0 fully saturated rings. The second kappa shape index (κ2) is 3.06. The van der Waals surface area contributed by atoms with Crippen LogP contribution in [-0.4, -0.2) is 4.57 Å². The first kappa shape index (κ1) is 8.61. The van der Waals surface area contributed by atoms with E-state index >= 15 is 0 Å². The van der Waals surface area contributed by atoms with Crippen molar-refractivity contribution in [3.05, 3.63) is 29.1 Å². The smallest absolute Gasteiger partial charge is 0.0436 e. The number of nitrogens with zero attached hydrogens (tertiary/aromatic N) is 1. The molecule has 2 rings (SSSR count). The highest BCUT2D eigenvalue weighted by Crippen LogP contribution is 2.29. The summed E-state index contributed by atoms with van der Waals surface area (Å²) in [5.74, 6) is 0.654. The van der Waals surface area contributed by atoms with Crippen molar-refractivity contribution in [3.8, 4) is 0 Å². The first-order chi connectivity index (χ1) is 6.20. The van der Waals surface area contributed by atoms with Gasteiger partial charge < -0.3 is 4.57 Å². The number of aromatic nitrogens is 1. The van der Waals surface area contributed by atoms with Crippen LogP contribution in [0.3, 0.4) is 0 Å². The number of rotatable bonds is 1. The van der Waals surface area contributed by atoms with Crippen LogP contribution >= 0.6 is 0 Å². The number of hydrogen-bond donors (Lipinski definition) is 0. The summed E-state index contributed by atoms with van der Waals surface area (Å²) in [6.45, 7) is 4.54. The highest BCUT2D eigenvalue weighted by molar-refractivity contribution is 5.56. The van der Waals surface area contributed by atoms with Gasteiger partial charge in [-0.05, 0) is 36.0 Å². The molecular formula is C12H17N. The normalized spacial score (nSPS) is 15.1. The van der Waals surface area contributed by atoms with Gasteiger partial charge in [0.25, 0.3) is 0 Å². The summed E-state index contributed by atoms with van der Waals surface area (Å²) in [6, 6.07) is 0. The lowest BCUT2D eigenvalue weighted by Crippen LogP contribution is -1.98. The highest BCUT2D eigenvalue weighted by atomic mass is 14.9. The number of hydrogen-bond acceptors (Lipinski definition) is 0. The zero-order chi connectivity index (χ0) is 9.42. The summed E-state index contributed by atoms with van der Waals surface area (Å²) in [6.07, 6.45) is 9.24. The van der Waals surface area contributed by atoms with Crippen LogP contribution in [0, 0.1) is 0 Å². The maximum Gasteiger partial charge on any atom is 0.0436 e. The van der Waals surface area contributed by atoms with Crippen molar-refractivity contribution < 1.29 is 0 Å². The minimum Gasteiger partial charge on any atom is -0.351 e. The lowest BCUT2D eigenvalue weighted by atomic mass is 9.94. The predicted octanol–water partition coefficient (Wildman–Crippen LogP) is 3.11. The van der Waals surface area contributed by atoms with E-state index in [1.165, 1.54) is 24.1 Å². The van der Waals surface area contributed by atoms with Crippen molar-refractivity contribution in [1.29, 1.82) is 0 Å². The van der Waals surface area contributed by atoms with Gasteiger partial charge >= 0.3 is 0 Å². The summed E-state index contributed by atoms with van der Waals surface area (Å²) >= 11 is 0. The fourth-order valence-corrected chi connectivity index (χ4v) is 2.13. The van der Waals surface area contributed by atoms with E-state index < -0.39 is 0 Å². The van der Waals surface area contributed by atoms with Crippen molar-refractivity contribution >= 4 is 6.08 Å². The molecule has 0 amide bonds. The van der Waals surface area contributed by atoms with Crippen LogP contribution in [0.2, 0.25) is 0 Å². The Hall–Kier alpha value is -0.980. The molecule has 0 radical (unpaired) electrons. The van der Waals surface area contributed by atoms with Crippen LogP contribution in [0.15, 0.2) is 12.3 Å². The molecule has 1 heteroatoms. The van der Waals surface area contributed by atoms with Crippen molar-refractivity contribution in [2.45, 2.75) is 32.6 Å². The largest absolute Gasteiger partial charge is 0.351 e. The molecule has 1 heterocycles. The molecule has 0 N–H and O–H groups in total. The van der Waals surface area contributed by atoms with Gasteiger partial charge in [-0.1, -0.05) is 19.9 Å². The number of fused-ring (bicyclic) bond motifs is 1. The molecule has 0 unspecified atom stereocenters. The van der Waals surface area contributed by atoms with Crippen LogP contribution < -0.4 is 0 Å². The van der Waals surface area contributed by atoms with E-state index in [4.69, 9.17) is 0 Å². The molecule has 1 nitrogen and oxygen atoms in total. The van der Waals surface area contributed by atoms with E-state index in [2.05, 4.69) is 43.8 Å². The van der Waals surface area contributed by atoms with Crippen LogP contribution in [0.25, 0.3) is 6.08 Å². The van der Waals surface area contributed by atoms with Gasteiger partial charge in [0.15, 0.2) is 0 Å². The second-order valence-corrected chi connectivity index (χ2v) is 4.15. The van der Waals surface area contributed by atoms with E-state index in [1.54, 1.807) is 5.56 Å². The zero-order valence-electron chi connectivity index (χ0n) is 8.67. The number of allylic oxidation sites excluding steroid dienone is 1. The van der Waals surface area contributed by atoms with Gasteiger partial charge in [0, 0.05) is 18.9 Å². The minimum absolute atomic E-state index is 0.654. The molecule has 0 aromatic carbocycles. The standard InChI is InChI=1S/C12H17N/c1-9(2)11-8-13(3)12-7-5-4-6-10(11)12/h5,7-9H,4,6H2,1-3H3. The quantitative estimate of drug-likeness (QED) is 0.618. The van der Waals surface area contributed by atoms with Crippen LogP contribution in [0.5, 0.6) is 0 Å². The second-order valence-electron chi connectivity index (χ2n) is 4.15. The Morgan fingerprint density at radius 3 is 2.85 bits per heavy atom. The Morgan fingerprint density at radius 1 is 1.38 bits per heavy atom. The maximum absolute atomic E-state index is 2.28. The lowest BCUT2D eigenvalue weighted by Gasteiger charge is -2.10. The average Bonchev–Trinajstić information content (AvgIpc) is 2.45. The van der Waals surface area contributed by atoms with Gasteiger partial charge in [0.05, 0.1) is 0 Å². The zero-order valence-corrected chi connectivity index (χ0v) is 8.67. The summed E-state index contributed by atoms with van der Waals surface area (Å²) in [7, 11) is 2.14. The SMILES string of the molecule is CC(C)c1cn(C)c2c1CCC=C2. The van der Waals surface area contributed by atoms with Crippen molar-refractivity contribution in [3.63, 3.8) is 0 Å². The van der Waals surface area contributed by atoms with E-state index in [0.717, 1.165) is 0 Å². The Morgan fingerprint density at radius 2 is 2.15 bits per heavy atom. The average molecular weight is 175 g/mol. The van der Waals surface area contributed by atoms with Crippen LogP contribution in [0.1, 0.15) is 43.0 Å². The molecule has 1 aromatic rings. The van der Waals surface area contributed by atoms with Gasteiger partial charge in [-0.2, -0.15) is 0 Å². The first-order valence-corrected chi connectivity index (χ1v) is 5.04. The van der Waals surface area contributed by atoms with Gasteiger partial charge in [-0.15, -0.1) is 0 Å². The Balaban J connectivity index is 2.55. The molecule has 0 saturated heterocycles. The third-order valence-corrected chi connectivity index (χ3v) is 2.83. The van der Waals surface area contributed by atoms with Crippen molar-refractivity contribution in [2.24, 2.45) is 7.05 Å². The Labute approximate surface area is 80.1 Å². The monoisotopic (exact) mass is 175 g/mol. The summed E-state index contributed by atoms with van der Waals surface area (Å²) < 4.78 is 2.25. The maximum atomic E-state index is 2.28. The number of aryl methyl sites for hydroxylation is 1. The summed E-state index contributed by atoms with van der Waals surface area (Å²) in [5, 5.41) is 0. The molecule has 0 saturated carbocycles. The lowest BCUT2D eigenvalue weighted by molar-refractivity contribution is 0.835. The molecule has 1 aromatic heterocycles. The molecule has 0 aliphatic heterocycles. The highest BCUT2D eigenvalue weighted by Gasteiger charge is 2.15. The molecule has 0 atom stereocenters. The van der Waals surface area contributed by atoms with E-state index in [0.29, 0.717) is 5.92 Å². The third kappa shape index (κ3) is 1.32. The summed E-state index contributed by atoms with van der Waals surface area (Å²) in [4.78, 5) is 0. The molecule has 1 aliphatic rings. The third-order valence-electron chi connectivity index (χ3n) is 2.83. The summed E-state index contributed by atoms with van der Waals surface area (Å²) in [5.41, 5.74) is 4.51. The first-order valence-electron chi connectivity index (χ1n) is 5.04. The van der Waals surface area contributed by atoms with Gasteiger partial charge in [0.2, 0.25) is 0 Å². The van der Waals surface area contributed by atoms with E-state index in [-0.39, 0.29) is 0 Å². The predicted molar refractivity (Wildman–Crippen MR) is 56.9 cm³/mol. The molecule has 0 bridgehead atoms. The van der Waals surface area contributed by atoms with Gasteiger partial charge in [-0.3, -0.25) is 0 Å². The molecular weight excluding hydrogens is 158 g/mol. The fraction of sp³-hybridized carbons (Fsp3) is 0.500. The fourth-order valence-electron chi connectivity index (χ4n) is 2.13. The van der Waals surface area contributed by atoms with E-state index in [9.17, 15) is 0 Å². The molecule has 1 aliphatic carbocycles. The molecule has 70 valence electrons. The van der Waals surface area contributed by atoms with Gasteiger partial charge in [0.1, 0.15) is 0 Å². The van der Waals surface area contributed by atoms with Crippen LogP contribution in [-0.2, 0) is 13.5 Å². The molecule has 13 heavy (non-hydrogen) atoms. The topological polar surface area (TPSA) is 4.93 Å².